The summed E-state index contributed by atoms with van der Waals surface area (Å²) < 4.78 is 8.32. The predicted octanol–water partition coefficient (Wildman–Crippen LogP) is -0.0229. The lowest BCUT2D eigenvalue weighted by Gasteiger charge is -2.28. The molecule has 1 fully saturated rings. The van der Waals surface area contributed by atoms with Crippen molar-refractivity contribution in [1.82, 2.24) is 19.1 Å². The lowest BCUT2D eigenvalue weighted by molar-refractivity contribution is 0.0404. The standard InChI is InChI=1S/C17H25N5O4/c1-3-9-26-11-12(23)10-22-13-14(20(2)17(25)19-15(13)24)18-16(22)21-7-5-4-6-8-21/h3,12,23H,1,4-11H2,2H3,(H,19,24,25)/t12-/m1/s1. The first-order chi connectivity index (χ1) is 12.5. The minimum atomic E-state index is -0.812. The molecule has 1 aliphatic heterocycles. The first kappa shape index (κ1) is 18.4. The van der Waals surface area contributed by atoms with Gasteiger partial charge >= 0.3 is 5.69 Å². The number of aryl methyl sites for hydroxylation is 1. The topological polar surface area (TPSA) is 105 Å². The number of hydrogen-bond acceptors (Lipinski definition) is 6. The van der Waals surface area contributed by atoms with Gasteiger partial charge in [0.05, 0.1) is 25.9 Å². The number of nitrogens with one attached hydrogen (secondary N) is 1. The van der Waals surface area contributed by atoms with Gasteiger partial charge in [-0.3, -0.25) is 14.3 Å². The third kappa shape index (κ3) is 3.58. The van der Waals surface area contributed by atoms with Gasteiger partial charge in [-0.15, -0.1) is 6.58 Å². The molecule has 2 aromatic heterocycles. The highest BCUT2D eigenvalue weighted by molar-refractivity contribution is 5.74. The largest absolute Gasteiger partial charge is 0.389 e. The summed E-state index contributed by atoms with van der Waals surface area (Å²) in [6.45, 7) is 5.85. The molecule has 142 valence electrons. The Morgan fingerprint density at radius 3 is 2.77 bits per heavy atom. The summed E-state index contributed by atoms with van der Waals surface area (Å²) in [4.78, 5) is 33.3. The molecule has 0 aromatic carbocycles. The van der Waals surface area contributed by atoms with Crippen LogP contribution in [0.15, 0.2) is 22.2 Å². The first-order valence-electron chi connectivity index (χ1n) is 8.84. The molecule has 3 rings (SSSR count). The summed E-state index contributed by atoms with van der Waals surface area (Å²) in [5.41, 5.74) is -0.403. The van der Waals surface area contributed by atoms with E-state index in [0.717, 1.165) is 32.4 Å². The van der Waals surface area contributed by atoms with Gasteiger partial charge in [-0.25, -0.2) is 4.79 Å². The second kappa shape index (κ2) is 7.88. The number of aromatic amines is 1. The maximum Gasteiger partial charge on any atom is 0.329 e. The van der Waals surface area contributed by atoms with Crippen LogP contribution >= 0.6 is 0 Å². The summed E-state index contributed by atoms with van der Waals surface area (Å²) in [5.74, 6) is 0.606. The number of nitrogens with zero attached hydrogens (tertiary/aromatic N) is 4. The van der Waals surface area contributed by atoms with Crippen LogP contribution in [0.1, 0.15) is 19.3 Å². The Morgan fingerprint density at radius 2 is 2.08 bits per heavy atom. The van der Waals surface area contributed by atoms with Crippen molar-refractivity contribution in [2.75, 3.05) is 31.2 Å². The lowest BCUT2D eigenvalue weighted by atomic mass is 10.1. The number of aliphatic hydroxyl groups excluding tert-OH is 1. The number of anilines is 1. The molecule has 0 bridgehead atoms. The fourth-order valence-corrected chi connectivity index (χ4v) is 3.28. The highest BCUT2D eigenvalue weighted by atomic mass is 16.5. The van der Waals surface area contributed by atoms with Crippen LogP contribution in [-0.2, 0) is 18.3 Å². The van der Waals surface area contributed by atoms with E-state index in [-0.39, 0.29) is 18.7 Å². The molecule has 1 saturated heterocycles. The number of hydrogen-bond donors (Lipinski definition) is 2. The number of ether oxygens (including phenoxy) is 1. The second-order valence-electron chi connectivity index (χ2n) is 6.54. The fourth-order valence-electron chi connectivity index (χ4n) is 3.28. The molecule has 0 aliphatic carbocycles. The van der Waals surface area contributed by atoms with Gasteiger partial charge in [0.2, 0.25) is 5.95 Å². The summed E-state index contributed by atoms with van der Waals surface area (Å²) >= 11 is 0. The van der Waals surface area contributed by atoms with Crippen LogP contribution in [-0.4, -0.2) is 56.6 Å². The third-order valence-corrected chi connectivity index (χ3v) is 4.57. The Labute approximate surface area is 150 Å². The van der Waals surface area contributed by atoms with Crippen molar-refractivity contribution in [3.63, 3.8) is 0 Å². The van der Waals surface area contributed by atoms with Gasteiger partial charge in [-0.05, 0) is 19.3 Å². The van der Waals surface area contributed by atoms with E-state index in [1.54, 1.807) is 17.7 Å². The lowest BCUT2D eigenvalue weighted by Crippen LogP contribution is -2.34. The van der Waals surface area contributed by atoms with E-state index >= 15 is 0 Å². The van der Waals surface area contributed by atoms with E-state index in [9.17, 15) is 14.7 Å². The summed E-state index contributed by atoms with van der Waals surface area (Å²) in [7, 11) is 1.57. The Kier molecular flexibility index (Phi) is 5.58. The van der Waals surface area contributed by atoms with Gasteiger partial charge < -0.3 is 19.3 Å². The Balaban J connectivity index is 2.04. The number of fused-ring (bicyclic) bond motifs is 1. The quantitative estimate of drug-likeness (QED) is 0.529. The summed E-state index contributed by atoms with van der Waals surface area (Å²) in [5, 5.41) is 10.3. The molecule has 9 heteroatoms. The average molecular weight is 363 g/mol. The third-order valence-electron chi connectivity index (χ3n) is 4.57. The molecule has 0 spiro atoms. The molecule has 2 aromatic rings. The first-order valence-corrected chi connectivity index (χ1v) is 8.84. The fraction of sp³-hybridized carbons (Fsp3) is 0.588. The van der Waals surface area contributed by atoms with E-state index < -0.39 is 17.4 Å². The summed E-state index contributed by atoms with van der Waals surface area (Å²) in [6.07, 6.45) is 4.05. The molecule has 1 aliphatic rings. The van der Waals surface area contributed by atoms with Gasteiger partial charge in [0, 0.05) is 20.1 Å². The molecule has 0 radical (unpaired) electrons. The molecule has 26 heavy (non-hydrogen) atoms. The molecule has 2 N–H and O–H groups in total. The zero-order chi connectivity index (χ0) is 18.7. The van der Waals surface area contributed by atoms with Crippen molar-refractivity contribution < 1.29 is 9.84 Å². The zero-order valence-corrected chi connectivity index (χ0v) is 15.0. The normalized spacial score (nSPS) is 16.2. The van der Waals surface area contributed by atoms with Gasteiger partial charge in [-0.1, -0.05) is 6.08 Å². The van der Waals surface area contributed by atoms with Gasteiger partial charge in [0.25, 0.3) is 5.56 Å². The zero-order valence-electron chi connectivity index (χ0n) is 15.0. The molecular weight excluding hydrogens is 338 g/mol. The van der Waals surface area contributed by atoms with E-state index in [1.165, 1.54) is 4.57 Å². The minimum Gasteiger partial charge on any atom is -0.389 e. The molecule has 0 amide bonds. The molecule has 9 nitrogen and oxygen atoms in total. The molecule has 1 atom stereocenters. The molecule has 0 saturated carbocycles. The monoisotopic (exact) mass is 363 g/mol. The number of imidazole rings is 1. The van der Waals surface area contributed by atoms with E-state index in [1.807, 2.05) is 0 Å². The SMILES string of the molecule is C=CCOC[C@H](O)Cn1c(N2CCCCC2)nc2c1c(=O)[nH]c(=O)n2C. The van der Waals surface area contributed by atoms with Gasteiger partial charge in [0.1, 0.15) is 0 Å². The maximum atomic E-state index is 12.4. The van der Waals surface area contributed by atoms with Crippen molar-refractivity contribution >= 4 is 17.1 Å². The number of rotatable bonds is 7. The highest BCUT2D eigenvalue weighted by Gasteiger charge is 2.24. The Morgan fingerprint density at radius 1 is 1.35 bits per heavy atom. The maximum absolute atomic E-state index is 12.4. The van der Waals surface area contributed by atoms with Crippen LogP contribution in [0, 0.1) is 0 Å². The second-order valence-corrected chi connectivity index (χ2v) is 6.54. The van der Waals surface area contributed by atoms with Crippen LogP contribution < -0.4 is 16.1 Å². The van der Waals surface area contributed by atoms with E-state index in [4.69, 9.17) is 4.74 Å². The van der Waals surface area contributed by atoms with Gasteiger partial charge in [0.15, 0.2) is 11.2 Å². The van der Waals surface area contributed by atoms with E-state index in [0.29, 0.717) is 18.2 Å². The molecular formula is C17H25N5O4. The number of aromatic nitrogens is 4. The van der Waals surface area contributed by atoms with Crippen molar-refractivity contribution in [2.24, 2.45) is 7.05 Å². The van der Waals surface area contributed by atoms with Crippen molar-refractivity contribution in [3.05, 3.63) is 33.5 Å². The van der Waals surface area contributed by atoms with Gasteiger partial charge in [-0.2, -0.15) is 4.98 Å². The van der Waals surface area contributed by atoms with Crippen molar-refractivity contribution in [3.8, 4) is 0 Å². The van der Waals surface area contributed by atoms with E-state index in [2.05, 4.69) is 21.4 Å². The van der Waals surface area contributed by atoms with Crippen LogP contribution in [0.5, 0.6) is 0 Å². The predicted molar refractivity (Wildman–Crippen MR) is 98.7 cm³/mol. The van der Waals surface area contributed by atoms with Crippen molar-refractivity contribution in [2.45, 2.75) is 31.9 Å². The Hall–Kier alpha value is -2.39. The summed E-state index contributed by atoms with van der Waals surface area (Å²) in [6, 6.07) is 0. The number of H-pyrrole nitrogens is 1. The van der Waals surface area contributed by atoms with Crippen LogP contribution in [0.3, 0.4) is 0 Å². The average Bonchev–Trinajstić information content (AvgIpc) is 3.00. The minimum absolute atomic E-state index is 0.120. The smallest absolute Gasteiger partial charge is 0.329 e. The number of piperidine rings is 1. The van der Waals surface area contributed by atoms with Crippen molar-refractivity contribution in [1.29, 1.82) is 0 Å². The van der Waals surface area contributed by atoms with Crippen LogP contribution in [0.25, 0.3) is 11.2 Å². The molecule has 3 heterocycles. The molecule has 0 unspecified atom stereocenters. The number of aliphatic hydroxyl groups is 1. The van der Waals surface area contributed by atoms with Crippen LogP contribution in [0.2, 0.25) is 0 Å². The highest BCUT2D eigenvalue weighted by Crippen LogP contribution is 2.23. The van der Waals surface area contributed by atoms with Crippen LogP contribution in [0.4, 0.5) is 5.95 Å². The Bertz CT molecular complexity index is 891.